The molecule has 2 rings (SSSR count). The number of pyridine rings is 1. The van der Waals surface area contributed by atoms with Crippen molar-refractivity contribution in [2.24, 2.45) is 0 Å². The number of aryl methyl sites for hydroxylation is 1. The molecule has 0 radical (unpaired) electrons. The SMILES string of the molecule is CSc1ccc(NCc2c(C)nn(CCO)c2C)cn1. The van der Waals surface area contributed by atoms with E-state index in [0.29, 0.717) is 13.1 Å². The molecule has 6 heteroatoms. The van der Waals surface area contributed by atoms with Crippen LogP contribution < -0.4 is 5.32 Å². The first-order chi connectivity index (χ1) is 9.65. The Hall–Kier alpha value is -1.53. The van der Waals surface area contributed by atoms with Crippen LogP contribution >= 0.6 is 11.8 Å². The normalized spacial score (nSPS) is 10.8. The average Bonchev–Trinajstić information content (AvgIpc) is 2.72. The molecule has 0 atom stereocenters. The van der Waals surface area contributed by atoms with Gasteiger partial charge in [-0.25, -0.2) is 4.98 Å². The molecule has 2 aromatic heterocycles. The third-order valence-corrected chi connectivity index (χ3v) is 3.92. The van der Waals surface area contributed by atoms with Crippen molar-refractivity contribution in [3.63, 3.8) is 0 Å². The summed E-state index contributed by atoms with van der Waals surface area (Å²) in [5.74, 6) is 0. The summed E-state index contributed by atoms with van der Waals surface area (Å²) >= 11 is 1.63. The maximum Gasteiger partial charge on any atom is 0.0958 e. The van der Waals surface area contributed by atoms with Gasteiger partial charge < -0.3 is 10.4 Å². The van der Waals surface area contributed by atoms with Gasteiger partial charge in [0.1, 0.15) is 0 Å². The Balaban J connectivity index is 2.06. The molecule has 0 aliphatic heterocycles. The van der Waals surface area contributed by atoms with Crippen LogP contribution in [-0.4, -0.2) is 32.7 Å². The molecule has 0 fully saturated rings. The van der Waals surface area contributed by atoms with Crippen LogP contribution in [0.15, 0.2) is 23.4 Å². The van der Waals surface area contributed by atoms with E-state index < -0.39 is 0 Å². The van der Waals surface area contributed by atoms with Gasteiger partial charge in [0.05, 0.1) is 35.8 Å². The highest BCUT2D eigenvalue weighted by molar-refractivity contribution is 7.98. The molecule has 0 aliphatic carbocycles. The van der Waals surface area contributed by atoms with E-state index in [9.17, 15) is 0 Å². The van der Waals surface area contributed by atoms with Crippen molar-refractivity contribution in [2.45, 2.75) is 32.0 Å². The summed E-state index contributed by atoms with van der Waals surface area (Å²) in [6.45, 7) is 5.38. The van der Waals surface area contributed by atoms with Crippen molar-refractivity contribution in [1.82, 2.24) is 14.8 Å². The lowest BCUT2D eigenvalue weighted by Gasteiger charge is -2.07. The molecule has 0 aromatic carbocycles. The zero-order valence-electron chi connectivity index (χ0n) is 12.1. The van der Waals surface area contributed by atoms with Gasteiger partial charge in [0, 0.05) is 17.8 Å². The first-order valence-electron chi connectivity index (χ1n) is 6.53. The largest absolute Gasteiger partial charge is 0.394 e. The highest BCUT2D eigenvalue weighted by atomic mass is 32.2. The Kier molecular flexibility index (Phi) is 5.03. The summed E-state index contributed by atoms with van der Waals surface area (Å²) in [5, 5.41) is 17.8. The first kappa shape index (κ1) is 14.9. The summed E-state index contributed by atoms with van der Waals surface area (Å²) in [6.07, 6.45) is 3.85. The fourth-order valence-electron chi connectivity index (χ4n) is 2.10. The van der Waals surface area contributed by atoms with E-state index in [4.69, 9.17) is 5.11 Å². The smallest absolute Gasteiger partial charge is 0.0958 e. The Morgan fingerprint density at radius 2 is 2.15 bits per heavy atom. The Morgan fingerprint density at radius 1 is 1.35 bits per heavy atom. The summed E-state index contributed by atoms with van der Waals surface area (Å²) < 4.78 is 1.85. The predicted octanol–water partition coefficient (Wildman–Crippen LogP) is 2.22. The van der Waals surface area contributed by atoms with Crippen molar-refractivity contribution >= 4 is 17.4 Å². The van der Waals surface area contributed by atoms with Gasteiger partial charge in [0.2, 0.25) is 0 Å². The molecule has 0 amide bonds. The zero-order chi connectivity index (χ0) is 14.5. The maximum atomic E-state index is 9.01. The van der Waals surface area contributed by atoms with Crippen LogP contribution in [0.2, 0.25) is 0 Å². The molecule has 0 unspecified atom stereocenters. The molecular formula is C14H20N4OS. The monoisotopic (exact) mass is 292 g/mol. The number of anilines is 1. The van der Waals surface area contributed by atoms with Gasteiger partial charge >= 0.3 is 0 Å². The predicted molar refractivity (Wildman–Crippen MR) is 82.1 cm³/mol. The summed E-state index contributed by atoms with van der Waals surface area (Å²) in [4.78, 5) is 4.34. The highest BCUT2D eigenvalue weighted by Crippen LogP contribution is 2.17. The van der Waals surface area contributed by atoms with Crippen molar-refractivity contribution in [2.75, 3.05) is 18.2 Å². The number of hydrogen-bond donors (Lipinski definition) is 2. The number of aromatic nitrogens is 3. The molecule has 0 bridgehead atoms. The zero-order valence-corrected chi connectivity index (χ0v) is 12.9. The van der Waals surface area contributed by atoms with Crippen molar-refractivity contribution in [1.29, 1.82) is 0 Å². The average molecular weight is 292 g/mol. The number of rotatable bonds is 6. The molecule has 0 saturated heterocycles. The van der Waals surface area contributed by atoms with Gasteiger partial charge in [-0.05, 0) is 32.2 Å². The van der Waals surface area contributed by atoms with Crippen molar-refractivity contribution in [3.05, 3.63) is 35.3 Å². The Bertz CT molecular complexity index is 565. The fourth-order valence-corrected chi connectivity index (χ4v) is 2.46. The second-order valence-electron chi connectivity index (χ2n) is 4.54. The van der Waals surface area contributed by atoms with Crippen LogP contribution in [0.1, 0.15) is 17.0 Å². The van der Waals surface area contributed by atoms with Crippen molar-refractivity contribution < 1.29 is 5.11 Å². The van der Waals surface area contributed by atoms with Crippen LogP contribution in [-0.2, 0) is 13.1 Å². The number of aliphatic hydroxyl groups excluding tert-OH is 1. The summed E-state index contributed by atoms with van der Waals surface area (Å²) in [7, 11) is 0. The van der Waals surface area contributed by atoms with Gasteiger partial charge in [-0.3, -0.25) is 4.68 Å². The maximum absolute atomic E-state index is 9.01. The molecule has 108 valence electrons. The van der Waals surface area contributed by atoms with Crippen LogP contribution in [0, 0.1) is 13.8 Å². The second-order valence-corrected chi connectivity index (χ2v) is 5.37. The van der Waals surface area contributed by atoms with Crippen LogP contribution in [0.5, 0.6) is 0 Å². The minimum Gasteiger partial charge on any atom is -0.394 e. The third kappa shape index (κ3) is 3.32. The second kappa shape index (κ2) is 6.76. The number of thioether (sulfide) groups is 1. The summed E-state index contributed by atoms with van der Waals surface area (Å²) in [5.41, 5.74) is 4.26. The van der Waals surface area contributed by atoms with Crippen LogP contribution in [0.3, 0.4) is 0 Å². The lowest BCUT2D eigenvalue weighted by molar-refractivity contribution is 0.268. The van der Waals surface area contributed by atoms with E-state index in [2.05, 4.69) is 15.4 Å². The number of hydrogen-bond acceptors (Lipinski definition) is 5. The third-order valence-electron chi connectivity index (χ3n) is 3.26. The highest BCUT2D eigenvalue weighted by Gasteiger charge is 2.10. The van der Waals surface area contributed by atoms with Crippen LogP contribution in [0.25, 0.3) is 0 Å². The van der Waals surface area contributed by atoms with E-state index >= 15 is 0 Å². The van der Waals surface area contributed by atoms with Crippen molar-refractivity contribution in [3.8, 4) is 0 Å². The van der Waals surface area contributed by atoms with Gasteiger partial charge in [0.25, 0.3) is 0 Å². The molecule has 2 heterocycles. The summed E-state index contributed by atoms with van der Waals surface area (Å²) in [6, 6.07) is 4.03. The quantitative estimate of drug-likeness (QED) is 0.799. The molecule has 20 heavy (non-hydrogen) atoms. The van der Waals surface area contributed by atoms with E-state index in [1.54, 1.807) is 11.8 Å². The van der Waals surface area contributed by atoms with E-state index in [0.717, 1.165) is 22.1 Å². The first-order valence-corrected chi connectivity index (χ1v) is 7.76. The van der Waals surface area contributed by atoms with E-state index in [1.165, 1.54) is 5.56 Å². The molecule has 0 spiro atoms. The van der Waals surface area contributed by atoms with E-state index in [1.807, 2.05) is 43.1 Å². The lowest BCUT2D eigenvalue weighted by Crippen LogP contribution is -2.07. The standard InChI is InChI=1S/C14H20N4OS/c1-10-13(11(2)18(17-10)6-7-19)9-15-12-4-5-14(20-3)16-8-12/h4-5,8,15,19H,6-7,9H2,1-3H3. The molecule has 2 aromatic rings. The molecule has 5 nitrogen and oxygen atoms in total. The number of nitrogens with one attached hydrogen (secondary N) is 1. The lowest BCUT2D eigenvalue weighted by atomic mass is 10.2. The van der Waals surface area contributed by atoms with Crippen LogP contribution in [0.4, 0.5) is 5.69 Å². The fraction of sp³-hybridized carbons (Fsp3) is 0.429. The minimum absolute atomic E-state index is 0.106. The molecular weight excluding hydrogens is 272 g/mol. The number of aliphatic hydroxyl groups is 1. The van der Waals surface area contributed by atoms with Gasteiger partial charge in [-0.1, -0.05) is 0 Å². The molecule has 0 aliphatic rings. The number of nitrogens with zero attached hydrogens (tertiary/aromatic N) is 3. The Morgan fingerprint density at radius 3 is 2.75 bits per heavy atom. The minimum atomic E-state index is 0.106. The van der Waals surface area contributed by atoms with E-state index in [-0.39, 0.29) is 6.61 Å². The Labute approximate surface area is 123 Å². The molecule has 2 N–H and O–H groups in total. The van der Waals surface area contributed by atoms with Gasteiger partial charge in [-0.15, -0.1) is 11.8 Å². The van der Waals surface area contributed by atoms with Gasteiger partial charge in [-0.2, -0.15) is 5.10 Å². The topological polar surface area (TPSA) is 63.0 Å². The van der Waals surface area contributed by atoms with Gasteiger partial charge in [0.15, 0.2) is 0 Å². The molecule has 0 saturated carbocycles.